The van der Waals surface area contributed by atoms with Crippen LogP contribution in [0.1, 0.15) is 55.6 Å². The van der Waals surface area contributed by atoms with Crippen molar-refractivity contribution in [2.75, 3.05) is 12.0 Å². The Bertz CT molecular complexity index is 810. The lowest BCUT2D eigenvalue weighted by atomic mass is 9.77. The number of hydrogen-bond donors (Lipinski definition) is 1. The summed E-state index contributed by atoms with van der Waals surface area (Å²) in [5, 5.41) is 5.98. The molecule has 1 saturated heterocycles. The van der Waals surface area contributed by atoms with E-state index in [-0.39, 0.29) is 35.6 Å². The van der Waals surface area contributed by atoms with Gasteiger partial charge in [0.15, 0.2) is 0 Å². The summed E-state index contributed by atoms with van der Waals surface area (Å²) < 4.78 is 22.4. The zero-order chi connectivity index (χ0) is 19.7. The molecule has 9 heteroatoms. The van der Waals surface area contributed by atoms with E-state index in [4.69, 9.17) is 0 Å². The summed E-state index contributed by atoms with van der Waals surface area (Å²) in [7, 11) is -3.13. The largest absolute Gasteiger partial charge is 0.353 e. The average molecular weight is 414 g/mol. The fourth-order valence-electron chi connectivity index (χ4n) is 4.17. The fourth-order valence-corrected chi connectivity index (χ4v) is 5.33. The Hall–Kier alpha value is -1.48. The van der Waals surface area contributed by atoms with Crippen LogP contribution in [0.3, 0.4) is 0 Å². The standard InChI is InChI=1S/C18H27N3O4S2/c1-13-19-15(12-26-13)11-21-17(23)5-9-18(21)7-3-14(4-8-18)20-16(22)6-10-27(2,24)25/h12,14H,3-11H2,1-2H3,(H,20,22). The molecule has 1 aromatic heterocycles. The summed E-state index contributed by atoms with van der Waals surface area (Å²) in [4.78, 5) is 31.0. The third kappa shape index (κ3) is 5.07. The minimum absolute atomic E-state index is 0.00820. The first-order valence-electron chi connectivity index (χ1n) is 9.35. The van der Waals surface area contributed by atoms with Crippen LogP contribution in [0, 0.1) is 6.92 Å². The van der Waals surface area contributed by atoms with Crippen LogP contribution >= 0.6 is 11.3 Å². The highest BCUT2D eigenvalue weighted by Gasteiger charge is 2.47. The smallest absolute Gasteiger partial charge is 0.223 e. The Morgan fingerprint density at radius 3 is 2.67 bits per heavy atom. The third-order valence-corrected chi connectivity index (χ3v) is 7.41. The van der Waals surface area contributed by atoms with Crippen LogP contribution < -0.4 is 5.32 Å². The van der Waals surface area contributed by atoms with E-state index in [1.54, 1.807) is 11.3 Å². The summed E-state index contributed by atoms with van der Waals surface area (Å²) in [6.07, 6.45) is 5.93. The van der Waals surface area contributed by atoms with Gasteiger partial charge in [0.25, 0.3) is 0 Å². The van der Waals surface area contributed by atoms with Crippen molar-refractivity contribution in [3.8, 4) is 0 Å². The number of carbonyl (C=O) groups excluding carboxylic acids is 2. The molecule has 2 fully saturated rings. The van der Waals surface area contributed by atoms with Crippen LogP contribution in [0.2, 0.25) is 0 Å². The Morgan fingerprint density at radius 2 is 2.07 bits per heavy atom. The quantitative estimate of drug-likeness (QED) is 0.767. The van der Waals surface area contributed by atoms with Gasteiger partial charge in [0.05, 0.1) is 23.0 Å². The second kappa shape index (κ2) is 7.87. The van der Waals surface area contributed by atoms with E-state index in [0.717, 1.165) is 49.1 Å². The van der Waals surface area contributed by atoms with E-state index in [9.17, 15) is 18.0 Å². The molecular formula is C18H27N3O4S2. The van der Waals surface area contributed by atoms with Crippen molar-refractivity contribution in [1.29, 1.82) is 0 Å². The van der Waals surface area contributed by atoms with Gasteiger partial charge in [-0.3, -0.25) is 9.59 Å². The molecule has 2 amide bonds. The maximum absolute atomic E-state index is 12.5. The summed E-state index contributed by atoms with van der Waals surface area (Å²) in [6, 6.07) is 0.0572. The average Bonchev–Trinajstić information content (AvgIpc) is 3.14. The van der Waals surface area contributed by atoms with Crippen LogP contribution in [0.25, 0.3) is 0 Å². The van der Waals surface area contributed by atoms with E-state index in [1.807, 2.05) is 17.2 Å². The summed E-state index contributed by atoms with van der Waals surface area (Å²) >= 11 is 1.60. The number of carbonyl (C=O) groups is 2. The van der Waals surface area contributed by atoms with Crippen molar-refractivity contribution in [1.82, 2.24) is 15.2 Å². The van der Waals surface area contributed by atoms with Crippen molar-refractivity contribution in [2.45, 2.75) is 70.0 Å². The predicted molar refractivity (Wildman–Crippen MR) is 104 cm³/mol. The second-order valence-electron chi connectivity index (χ2n) is 7.78. The van der Waals surface area contributed by atoms with Crippen molar-refractivity contribution in [3.05, 3.63) is 16.1 Å². The van der Waals surface area contributed by atoms with Gasteiger partial charge in [-0.15, -0.1) is 11.3 Å². The number of aryl methyl sites for hydroxylation is 1. The maximum Gasteiger partial charge on any atom is 0.223 e. The van der Waals surface area contributed by atoms with E-state index in [1.165, 1.54) is 0 Å². The number of sulfone groups is 1. The van der Waals surface area contributed by atoms with Gasteiger partial charge in [-0.05, 0) is 39.0 Å². The molecule has 1 aliphatic heterocycles. The Labute approximate surface area is 164 Å². The molecule has 1 saturated carbocycles. The molecule has 0 atom stereocenters. The molecule has 0 aromatic carbocycles. The first-order valence-corrected chi connectivity index (χ1v) is 12.3. The number of thiazole rings is 1. The zero-order valence-electron chi connectivity index (χ0n) is 15.9. The van der Waals surface area contributed by atoms with Crippen molar-refractivity contribution >= 4 is 33.0 Å². The van der Waals surface area contributed by atoms with E-state index < -0.39 is 9.84 Å². The van der Waals surface area contributed by atoms with Gasteiger partial charge < -0.3 is 10.2 Å². The molecule has 7 nitrogen and oxygen atoms in total. The highest BCUT2D eigenvalue weighted by molar-refractivity contribution is 7.90. The maximum atomic E-state index is 12.5. The topological polar surface area (TPSA) is 96.4 Å². The van der Waals surface area contributed by atoms with Crippen LogP contribution in [-0.4, -0.2) is 53.7 Å². The lowest BCUT2D eigenvalue weighted by Crippen LogP contribution is -2.51. The molecule has 27 heavy (non-hydrogen) atoms. The molecule has 0 unspecified atom stereocenters. The molecule has 1 spiro atoms. The van der Waals surface area contributed by atoms with Crippen LogP contribution in [-0.2, 0) is 26.0 Å². The van der Waals surface area contributed by atoms with Crippen molar-refractivity contribution < 1.29 is 18.0 Å². The summed E-state index contributed by atoms with van der Waals surface area (Å²) in [5.41, 5.74) is 0.825. The highest BCUT2D eigenvalue weighted by Crippen LogP contribution is 2.43. The minimum Gasteiger partial charge on any atom is -0.353 e. The highest BCUT2D eigenvalue weighted by atomic mass is 32.2. The SMILES string of the molecule is Cc1nc(CN2C(=O)CCC23CCC(NC(=O)CCS(C)(=O)=O)CC3)cs1. The summed E-state index contributed by atoms with van der Waals surface area (Å²) in [5.74, 6) is -0.139. The molecule has 2 aliphatic rings. The minimum atomic E-state index is -3.13. The summed E-state index contributed by atoms with van der Waals surface area (Å²) in [6.45, 7) is 2.53. The van der Waals surface area contributed by atoms with Gasteiger partial charge in [0.2, 0.25) is 11.8 Å². The molecule has 1 aromatic rings. The molecule has 1 aliphatic carbocycles. The lowest BCUT2D eigenvalue weighted by Gasteiger charge is -2.43. The number of likely N-dealkylation sites (tertiary alicyclic amines) is 1. The Kier molecular flexibility index (Phi) is 5.90. The first kappa shape index (κ1) is 20.3. The number of hydrogen-bond acceptors (Lipinski definition) is 6. The van der Waals surface area contributed by atoms with Crippen molar-refractivity contribution in [2.24, 2.45) is 0 Å². The van der Waals surface area contributed by atoms with Crippen LogP contribution in [0.5, 0.6) is 0 Å². The number of nitrogens with one attached hydrogen (secondary N) is 1. The molecule has 3 rings (SSSR count). The number of aromatic nitrogens is 1. The molecule has 2 heterocycles. The first-order chi connectivity index (χ1) is 12.7. The third-order valence-electron chi connectivity index (χ3n) is 5.65. The van der Waals surface area contributed by atoms with Crippen LogP contribution in [0.15, 0.2) is 5.38 Å². The van der Waals surface area contributed by atoms with Gasteiger partial charge >= 0.3 is 0 Å². The van der Waals surface area contributed by atoms with Gasteiger partial charge in [-0.25, -0.2) is 13.4 Å². The van der Waals surface area contributed by atoms with Gasteiger partial charge in [0.1, 0.15) is 9.84 Å². The monoisotopic (exact) mass is 413 g/mol. The Morgan fingerprint density at radius 1 is 1.37 bits per heavy atom. The number of nitrogens with zero attached hydrogens (tertiary/aromatic N) is 2. The lowest BCUT2D eigenvalue weighted by molar-refractivity contribution is -0.133. The van der Waals surface area contributed by atoms with Crippen molar-refractivity contribution in [3.63, 3.8) is 0 Å². The van der Waals surface area contributed by atoms with E-state index in [2.05, 4.69) is 10.3 Å². The van der Waals surface area contributed by atoms with E-state index in [0.29, 0.717) is 13.0 Å². The Balaban J connectivity index is 1.56. The van der Waals surface area contributed by atoms with Crippen LogP contribution in [0.4, 0.5) is 0 Å². The van der Waals surface area contributed by atoms with Gasteiger partial charge in [-0.1, -0.05) is 0 Å². The zero-order valence-corrected chi connectivity index (χ0v) is 17.5. The number of amides is 2. The van der Waals surface area contributed by atoms with Gasteiger partial charge in [-0.2, -0.15) is 0 Å². The molecule has 0 bridgehead atoms. The predicted octanol–water partition coefficient (Wildman–Crippen LogP) is 1.81. The molecule has 150 valence electrons. The molecule has 0 radical (unpaired) electrons. The van der Waals surface area contributed by atoms with E-state index >= 15 is 0 Å². The second-order valence-corrected chi connectivity index (χ2v) is 11.1. The molecule has 1 N–H and O–H groups in total. The van der Waals surface area contributed by atoms with Gasteiger partial charge in [0, 0.05) is 36.1 Å². The molecular weight excluding hydrogens is 386 g/mol. The fraction of sp³-hybridized carbons (Fsp3) is 0.722. The number of rotatable bonds is 6. The normalized spacial score (nSPS) is 25.9.